The van der Waals surface area contributed by atoms with E-state index in [1.54, 1.807) is 6.21 Å². The number of hydrogen-bond donors (Lipinski definition) is 1. The lowest BCUT2D eigenvalue weighted by atomic mass is 10.0. The van der Waals surface area contributed by atoms with Crippen LogP contribution in [0, 0.1) is 6.92 Å². The van der Waals surface area contributed by atoms with Gasteiger partial charge in [0.25, 0.3) is 5.91 Å². The van der Waals surface area contributed by atoms with Crippen LogP contribution in [0.2, 0.25) is 0 Å². The molecule has 0 unspecified atom stereocenters. The van der Waals surface area contributed by atoms with Crippen LogP contribution in [-0.2, 0) is 0 Å². The highest BCUT2D eigenvalue weighted by molar-refractivity contribution is 6.08. The van der Waals surface area contributed by atoms with Crippen LogP contribution in [0.25, 0.3) is 33.1 Å². The Bertz CT molecular complexity index is 1530. The molecule has 0 saturated carbocycles. The van der Waals surface area contributed by atoms with E-state index in [4.69, 9.17) is 4.98 Å². The Morgan fingerprint density at radius 1 is 0.941 bits per heavy atom. The summed E-state index contributed by atoms with van der Waals surface area (Å²) in [6, 6.07) is 28.0. The molecular formula is C29H26N4O. The topological polar surface area (TPSA) is 59.3 Å². The van der Waals surface area contributed by atoms with Crippen molar-refractivity contribution in [1.29, 1.82) is 0 Å². The number of fused-ring (bicyclic) bond motifs is 2. The lowest BCUT2D eigenvalue weighted by molar-refractivity contribution is 0.0956. The van der Waals surface area contributed by atoms with E-state index in [1.165, 1.54) is 0 Å². The molecule has 1 N–H and O–H groups in total. The number of benzene rings is 3. The molecule has 5 rings (SSSR count). The van der Waals surface area contributed by atoms with Gasteiger partial charge in [0.05, 0.1) is 23.0 Å². The first-order chi connectivity index (χ1) is 16.5. The minimum absolute atomic E-state index is 0.266. The van der Waals surface area contributed by atoms with Crippen LogP contribution in [-0.4, -0.2) is 21.7 Å². The number of carbonyl (C=O) groups is 1. The summed E-state index contributed by atoms with van der Waals surface area (Å²) < 4.78 is 2.29. The molecule has 5 aromatic rings. The molecule has 2 aromatic heterocycles. The lowest BCUT2D eigenvalue weighted by Gasteiger charge is -2.12. The van der Waals surface area contributed by atoms with E-state index in [2.05, 4.69) is 48.0 Å². The number of para-hydroxylation sites is 2. The standard InChI is InChI=1S/C29H26N4O/c1-19(2)33-20(3)25(23-14-8-10-16-28(23)33)18-30-32-29(34)24-17-27(21-11-5-4-6-12-21)31-26-15-9-7-13-22(24)26/h4-19H,1-3H3,(H,32,34)/b30-18-. The van der Waals surface area contributed by atoms with Gasteiger partial charge in [0, 0.05) is 39.2 Å². The van der Waals surface area contributed by atoms with E-state index < -0.39 is 0 Å². The molecule has 0 bridgehead atoms. The van der Waals surface area contributed by atoms with Gasteiger partial charge in [-0.15, -0.1) is 0 Å². The predicted molar refractivity (Wildman–Crippen MR) is 139 cm³/mol. The van der Waals surface area contributed by atoms with Crippen molar-refractivity contribution in [2.75, 3.05) is 0 Å². The van der Waals surface area contributed by atoms with Crippen LogP contribution < -0.4 is 5.43 Å². The summed E-state index contributed by atoms with van der Waals surface area (Å²) in [7, 11) is 0. The number of carbonyl (C=O) groups excluding carboxylic acids is 1. The van der Waals surface area contributed by atoms with Gasteiger partial charge >= 0.3 is 0 Å². The van der Waals surface area contributed by atoms with E-state index in [1.807, 2.05) is 72.8 Å². The van der Waals surface area contributed by atoms with Gasteiger partial charge in [0.1, 0.15) is 0 Å². The van der Waals surface area contributed by atoms with Crippen LogP contribution in [0.4, 0.5) is 0 Å². The molecule has 0 radical (unpaired) electrons. The van der Waals surface area contributed by atoms with Crippen molar-refractivity contribution in [2.24, 2.45) is 5.10 Å². The summed E-state index contributed by atoms with van der Waals surface area (Å²) in [6.07, 6.45) is 1.75. The number of aromatic nitrogens is 2. The highest BCUT2D eigenvalue weighted by atomic mass is 16.2. The van der Waals surface area contributed by atoms with E-state index in [9.17, 15) is 4.79 Å². The molecule has 0 aliphatic rings. The first kappa shape index (κ1) is 21.6. The molecule has 5 nitrogen and oxygen atoms in total. The van der Waals surface area contributed by atoms with E-state index in [0.29, 0.717) is 11.6 Å². The van der Waals surface area contributed by atoms with Crippen molar-refractivity contribution in [2.45, 2.75) is 26.8 Å². The normalized spacial score (nSPS) is 11.6. The molecule has 0 atom stereocenters. The Labute approximate surface area is 198 Å². The molecule has 0 spiro atoms. The van der Waals surface area contributed by atoms with Gasteiger partial charge in [-0.05, 0) is 39.0 Å². The van der Waals surface area contributed by atoms with Crippen molar-refractivity contribution >= 4 is 33.9 Å². The zero-order valence-corrected chi connectivity index (χ0v) is 19.5. The first-order valence-corrected chi connectivity index (χ1v) is 11.4. The summed E-state index contributed by atoms with van der Waals surface area (Å²) in [4.78, 5) is 18.0. The molecule has 0 fully saturated rings. The predicted octanol–water partition coefficient (Wildman–Crippen LogP) is 6.51. The minimum Gasteiger partial charge on any atom is -0.342 e. The number of rotatable bonds is 5. The smallest absolute Gasteiger partial charge is 0.272 e. The van der Waals surface area contributed by atoms with Crippen LogP contribution in [0.5, 0.6) is 0 Å². The molecule has 0 saturated heterocycles. The van der Waals surface area contributed by atoms with Crippen LogP contribution in [0.1, 0.15) is 41.5 Å². The third-order valence-electron chi connectivity index (χ3n) is 6.11. The van der Waals surface area contributed by atoms with Gasteiger partial charge in [0.2, 0.25) is 0 Å². The Morgan fingerprint density at radius 2 is 1.62 bits per heavy atom. The fourth-order valence-electron chi connectivity index (χ4n) is 4.58. The zero-order valence-electron chi connectivity index (χ0n) is 19.5. The van der Waals surface area contributed by atoms with E-state index in [-0.39, 0.29) is 5.91 Å². The summed E-state index contributed by atoms with van der Waals surface area (Å²) >= 11 is 0. The maximum absolute atomic E-state index is 13.2. The van der Waals surface area contributed by atoms with Crippen molar-refractivity contribution in [3.63, 3.8) is 0 Å². The van der Waals surface area contributed by atoms with Crippen molar-refractivity contribution in [1.82, 2.24) is 15.0 Å². The third kappa shape index (κ3) is 3.86. The summed E-state index contributed by atoms with van der Waals surface area (Å²) in [5.41, 5.74) is 9.06. The van der Waals surface area contributed by atoms with Crippen LogP contribution in [0.3, 0.4) is 0 Å². The van der Waals surface area contributed by atoms with Crippen molar-refractivity contribution in [3.05, 3.63) is 102 Å². The largest absolute Gasteiger partial charge is 0.342 e. The monoisotopic (exact) mass is 446 g/mol. The molecule has 34 heavy (non-hydrogen) atoms. The number of amides is 1. The average molecular weight is 447 g/mol. The van der Waals surface area contributed by atoms with Gasteiger partial charge in [-0.25, -0.2) is 10.4 Å². The van der Waals surface area contributed by atoms with Gasteiger partial charge in [-0.2, -0.15) is 5.10 Å². The van der Waals surface area contributed by atoms with Crippen molar-refractivity contribution < 1.29 is 4.79 Å². The molecule has 3 aromatic carbocycles. The number of nitrogens with zero attached hydrogens (tertiary/aromatic N) is 3. The third-order valence-corrected chi connectivity index (χ3v) is 6.11. The highest BCUT2D eigenvalue weighted by Gasteiger charge is 2.16. The van der Waals surface area contributed by atoms with Gasteiger partial charge in [-0.1, -0.05) is 66.7 Å². The maximum atomic E-state index is 13.2. The Morgan fingerprint density at radius 3 is 2.38 bits per heavy atom. The SMILES string of the molecule is Cc1c(/C=N\NC(=O)c2cc(-c3ccccc3)nc3ccccc23)c2ccccc2n1C(C)C. The molecule has 5 heteroatoms. The maximum Gasteiger partial charge on any atom is 0.272 e. The molecular weight excluding hydrogens is 420 g/mol. The second-order valence-corrected chi connectivity index (χ2v) is 8.62. The van der Waals surface area contributed by atoms with Gasteiger partial charge in [-0.3, -0.25) is 4.79 Å². The number of pyridine rings is 1. The average Bonchev–Trinajstić information content (AvgIpc) is 3.15. The first-order valence-electron chi connectivity index (χ1n) is 11.4. The van der Waals surface area contributed by atoms with Gasteiger partial charge < -0.3 is 4.57 Å². The highest BCUT2D eigenvalue weighted by Crippen LogP contribution is 2.28. The Hall–Kier alpha value is -4.25. The van der Waals surface area contributed by atoms with Crippen LogP contribution in [0.15, 0.2) is 90.0 Å². The fraction of sp³-hybridized carbons (Fsp3) is 0.138. The van der Waals surface area contributed by atoms with Gasteiger partial charge in [0.15, 0.2) is 0 Å². The minimum atomic E-state index is -0.266. The summed E-state index contributed by atoms with van der Waals surface area (Å²) in [5.74, 6) is -0.266. The fourth-order valence-corrected chi connectivity index (χ4v) is 4.58. The summed E-state index contributed by atoms with van der Waals surface area (Å²) in [6.45, 7) is 6.42. The van der Waals surface area contributed by atoms with Crippen molar-refractivity contribution in [3.8, 4) is 11.3 Å². The second-order valence-electron chi connectivity index (χ2n) is 8.62. The summed E-state index contributed by atoms with van der Waals surface area (Å²) in [5, 5.41) is 6.26. The Kier molecular flexibility index (Phi) is 5.68. The lowest BCUT2D eigenvalue weighted by Crippen LogP contribution is -2.18. The Balaban J connectivity index is 1.50. The molecule has 0 aliphatic carbocycles. The molecule has 1 amide bonds. The quantitative estimate of drug-likeness (QED) is 0.247. The second kappa shape index (κ2) is 8.94. The molecule has 0 aliphatic heterocycles. The number of hydrogen-bond acceptors (Lipinski definition) is 3. The van der Waals surface area contributed by atoms with E-state index >= 15 is 0 Å². The van der Waals surface area contributed by atoms with E-state index in [0.717, 1.165) is 44.3 Å². The molecule has 168 valence electrons. The van der Waals surface area contributed by atoms with Crippen LogP contribution >= 0.6 is 0 Å². The molecule has 2 heterocycles. The zero-order chi connectivity index (χ0) is 23.7. The number of hydrazone groups is 1. The number of nitrogens with one attached hydrogen (secondary N) is 1.